The second kappa shape index (κ2) is 42.0. The van der Waals surface area contributed by atoms with E-state index in [0.29, 0.717) is 38.9 Å². The van der Waals surface area contributed by atoms with Gasteiger partial charge in [-0.3, -0.25) is 46.2 Å². The lowest BCUT2D eigenvalue weighted by Gasteiger charge is -2.21. The zero-order valence-electron chi connectivity index (χ0n) is 42.3. The van der Waals surface area contributed by atoms with Crippen LogP contribution in [0.25, 0.3) is 0 Å². The molecule has 2 heterocycles. The van der Waals surface area contributed by atoms with E-state index in [-0.39, 0.29) is 37.4 Å². The molecule has 0 aliphatic carbocycles. The Morgan fingerprint density at radius 2 is 1.20 bits per heavy atom. The smallest absolute Gasteiger partial charge is 0.409 e. The number of amides is 1. The lowest BCUT2D eigenvalue weighted by atomic mass is 10.2. The molecule has 0 aliphatic rings. The van der Waals surface area contributed by atoms with Crippen molar-refractivity contribution in [3.8, 4) is 11.8 Å². The van der Waals surface area contributed by atoms with Crippen molar-refractivity contribution in [2.45, 2.75) is 94.9 Å². The lowest BCUT2D eigenvalue weighted by molar-refractivity contribution is -0.117. The van der Waals surface area contributed by atoms with Crippen molar-refractivity contribution in [2.75, 3.05) is 72.1 Å². The standard InChI is InChI=1S/C12H21N2O3PS.C9H11Cl3NO3PS.C8H19O2PS2.C4H7Cl2O4P.C4H10NO3PS/c1-6-15-18(19,16-7-2)17-11-8-10(5)13-12(14-11)9(3)4;1-3-14-17(18,15-4-2)16-9-7(11)5-6(10)8(12)13-9;1-4-7-12-11(9,10-6-3)13-8-5-2;1-8-11(7,9-2)10-3-4(5)6;1-4(6)5-9(7,8-2)10-3/h8-9H,6-7H2,1-5H3;5H,3-4H2,1-2H3;4-8H2,1-3H3;3H,1-2H3;1-3H3,(H,5,6,7). The fourth-order valence-corrected chi connectivity index (χ4v) is 18.0. The maximum atomic E-state index is 12.0. The van der Waals surface area contributed by atoms with Crippen molar-refractivity contribution in [3.63, 3.8) is 0 Å². The molecule has 19 nitrogen and oxygen atoms in total. The van der Waals surface area contributed by atoms with E-state index in [1.54, 1.807) is 26.2 Å². The van der Waals surface area contributed by atoms with Crippen molar-refractivity contribution in [3.05, 3.63) is 49.6 Å². The number of hydrogen-bond acceptors (Lipinski definition) is 23. The van der Waals surface area contributed by atoms with Crippen LogP contribution in [0, 0.1) is 6.92 Å². The predicted octanol–water partition coefficient (Wildman–Crippen LogP) is 16.6. The van der Waals surface area contributed by atoms with E-state index in [1.165, 1.54) is 57.1 Å². The molecule has 0 saturated heterocycles. The Morgan fingerprint density at radius 1 is 0.732 bits per heavy atom. The highest BCUT2D eigenvalue weighted by Gasteiger charge is 2.26. The Morgan fingerprint density at radius 3 is 1.55 bits per heavy atom. The molecular formula is C37H68Cl5N4O15P5S5. The summed E-state index contributed by atoms with van der Waals surface area (Å²) in [5.74, 6) is 0.501. The van der Waals surface area contributed by atoms with Crippen molar-refractivity contribution in [1.29, 1.82) is 0 Å². The monoisotopic (exact) mass is 1300 g/mol. The van der Waals surface area contributed by atoms with Gasteiger partial charge in [0.25, 0.3) is 0 Å². The molecule has 1 atom stereocenters. The van der Waals surface area contributed by atoms with Gasteiger partial charge in [-0.15, -0.1) is 0 Å². The first kappa shape index (κ1) is 76.2. The lowest BCUT2D eigenvalue weighted by Crippen LogP contribution is -2.15. The van der Waals surface area contributed by atoms with Crippen molar-refractivity contribution < 1.29 is 68.3 Å². The molecule has 0 spiro atoms. The molecule has 0 bridgehead atoms. The minimum Gasteiger partial charge on any atom is -0.409 e. The topological polar surface area (TPSA) is 221 Å². The van der Waals surface area contributed by atoms with Crippen LogP contribution in [0.15, 0.2) is 22.9 Å². The van der Waals surface area contributed by atoms with E-state index < -0.39 is 33.8 Å². The molecule has 34 heteroatoms. The minimum atomic E-state index is -3.48. The van der Waals surface area contributed by atoms with E-state index in [4.69, 9.17) is 113 Å². The van der Waals surface area contributed by atoms with Crippen LogP contribution < -0.4 is 14.1 Å². The summed E-state index contributed by atoms with van der Waals surface area (Å²) < 4.78 is 89.8. The van der Waals surface area contributed by atoms with E-state index >= 15 is 0 Å². The Bertz CT molecular complexity index is 2070. The zero-order chi connectivity index (χ0) is 55.5. The quantitative estimate of drug-likeness (QED) is 0.0475. The molecule has 0 saturated carbocycles. The molecular weight excluding hydrogens is 1230 g/mol. The molecule has 0 radical (unpaired) electrons. The third-order valence-corrected chi connectivity index (χ3v) is 25.3. The first-order valence-electron chi connectivity index (χ1n) is 21.1. The normalized spacial score (nSPS) is 12.2. The first-order valence-corrected chi connectivity index (χ1v) is 37.8. The highest BCUT2D eigenvalue weighted by molar-refractivity contribution is 8.89. The minimum absolute atomic E-state index is 0.0521. The third-order valence-electron chi connectivity index (χ3n) is 6.46. The number of pyridine rings is 1. The van der Waals surface area contributed by atoms with Crippen LogP contribution in [0.1, 0.15) is 99.5 Å². The number of hydrogen-bond donors (Lipinski definition) is 1. The van der Waals surface area contributed by atoms with Crippen molar-refractivity contribution >= 4 is 155 Å². The van der Waals surface area contributed by atoms with E-state index in [1.807, 2.05) is 41.5 Å². The molecule has 2 aromatic rings. The van der Waals surface area contributed by atoms with Gasteiger partial charge >= 0.3 is 33.8 Å². The summed E-state index contributed by atoms with van der Waals surface area (Å²) in [6.07, 6.45) is 4.58. The number of nitrogens with one attached hydrogen (secondary N) is 1. The fraction of sp³-hybridized carbons (Fsp3) is 0.676. The third kappa shape index (κ3) is 36.7. The van der Waals surface area contributed by atoms with E-state index in [0.717, 1.165) is 53.5 Å². The van der Waals surface area contributed by atoms with Gasteiger partial charge in [0, 0.05) is 81.1 Å². The van der Waals surface area contributed by atoms with Crippen molar-refractivity contribution in [2.24, 2.45) is 0 Å². The SMILES string of the molecule is CCCSP(=O)(OCC)SCCC.CCOP(=S)(OCC)Oc1cc(C)nc(C(C)C)n1.CCOP(=S)(OCC)Oc1nc(Cl)c(Cl)cc1Cl.COP(=O)(NC(C)=O)SC.COP(=O)(OC)OC=C(Cl)Cl. The molecule has 1 N–H and O–H groups in total. The number of phosphoric acid groups is 1. The largest absolute Gasteiger partial charge is 0.529 e. The molecule has 2 aromatic heterocycles. The number of aryl methyl sites for hydroxylation is 1. The zero-order valence-corrected chi connectivity index (χ0v) is 54.6. The van der Waals surface area contributed by atoms with Gasteiger partial charge in [0.2, 0.25) is 17.7 Å². The Labute approximate surface area is 468 Å². The van der Waals surface area contributed by atoms with Gasteiger partial charge in [-0.2, -0.15) is 9.97 Å². The summed E-state index contributed by atoms with van der Waals surface area (Å²) in [5.41, 5.74) is 0.836. The predicted molar refractivity (Wildman–Crippen MR) is 306 cm³/mol. The van der Waals surface area contributed by atoms with Crippen LogP contribution in [0.3, 0.4) is 0 Å². The molecule has 0 aliphatic heterocycles. The Hall–Kier alpha value is 1.01. The maximum Gasteiger partial charge on any atom is 0.529 e. The van der Waals surface area contributed by atoms with Crippen LogP contribution in [-0.4, -0.2) is 93.0 Å². The molecule has 1 amide bonds. The second-order valence-corrected chi connectivity index (χ2v) is 34.5. The highest BCUT2D eigenvalue weighted by Crippen LogP contribution is 2.70. The number of halogens is 5. The van der Waals surface area contributed by atoms with Crippen LogP contribution in [0.5, 0.6) is 11.8 Å². The second-order valence-electron chi connectivity index (χ2n) is 12.5. The van der Waals surface area contributed by atoms with Gasteiger partial charge in [-0.25, -0.2) is 9.55 Å². The molecule has 0 aromatic carbocycles. The summed E-state index contributed by atoms with van der Waals surface area (Å²) >= 11 is 42.3. The highest BCUT2D eigenvalue weighted by atomic mass is 35.5. The summed E-state index contributed by atoms with van der Waals surface area (Å²) in [7, 11) is 0.180. The number of aromatic nitrogens is 3. The van der Waals surface area contributed by atoms with Gasteiger partial charge in [0.15, 0.2) is 5.15 Å². The van der Waals surface area contributed by atoms with Gasteiger partial charge < -0.3 is 22.6 Å². The first-order chi connectivity index (χ1) is 33.1. The Kier molecular flexibility index (Phi) is 45.1. The fourth-order valence-electron chi connectivity index (χ4n) is 3.69. The Balaban J connectivity index is -0.000000834. The number of phosphoric ester groups is 1. The van der Waals surface area contributed by atoms with Crippen molar-refractivity contribution in [1.82, 2.24) is 20.0 Å². The van der Waals surface area contributed by atoms with Crippen LogP contribution >= 0.6 is 126 Å². The van der Waals surface area contributed by atoms with Gasteiger partial charge in [-0.05, 0) is 66.7 Å². The van der Waals surface area contributed by atoms with Gasteiger partial charge in [0.05, 0.1) is 38.1 Å². The number of rotatable bonds is 28. The average molecular weight is 1300 g/mol. The molecule has 0 fully saturated rings. The molecule has 1 unspecified atom stereocenters. The van der Waals surface area contributed by atoms with E-state index in [9.17, 15) is 18.5 Å². The summed E-state index contributed by atoms with van der Waals surface area (Å²) in [5, 5.41) is 2.71. The molecule has 416 valence electrons. The molecule has 71 heavy (non-hydrogen) atoms. The maximum absolute atomic E-state index is 12.0. The van der Waals surface area contributed by atoms with Crippen LogP contribution in [0.2, 0.25) is 15.2 Å². The van der Waals surface area contributed by atoms with Crippen LogP contribution in [0.4, 0.5) is 0 Å². The number of carbonyl (C=O) groups is 1. The van der Waals surface area contributed by atoms with E-state index in [2.05, 4.69) is 52.0 Å². The van der Waals surface area contributed by atoms with Crippen LogP contribution in [-0.2, 0) is 82.8 Å². The summed E-state index contributed by atoms with van der Waals surface area (Å²) in [4.78, 5) is 23.0. The van der Waals surface area contributed by atoms with Gasteiger partial charge in [-0.1, -0.05) is 120 Å². The number of carbonyl (C=O) groups excluding carboxylic acids is 1. The molecule has 2 rings (SSSR count). The average Bonchev–Trinajstić information content (AvgIpc) is 3.29. The van der Waals surface area contributed by atoms with Gasteiger partial charge in [0.1, 0.15) is 21.6 Å². The summed E-state index contributed by atoms with van der Waals surface area (Å²) in [6.45, 7) is 14.1. The number of nitrogens with zero attached hydrogens (tertiary/aromatic N) is 3. The summed E-state index contributed by atoms with van der Waals surface area (Å²) in [6, 6.07) is 3.16.